The van der Waals surface area contributed by atoms with Crippen molar-refractivity contribution in [2.45, 2.75) is 25.8 Å². The summed E-state index contributed by atoms with van der Waals surface area (Å²) in [6, 6.07) is 10.7. The molecule has 0 fully saturated rings. The zero-order valence-electron chi connectivity index (χ0n) is 11.8. The Morgan fingerprint density at radius 2 is 2.25 bits per heavy atom. The Bertz CT molecular complexity index is 568. The van der Waals surface area contributed by atoms with Crippen LogP contribution in [0.15, 0.2) is 42.7 Å². The van der Waals surface area contributed by atoms with E-state index >= 15 is 0 Å². The zero-order chi connectivity index (χ0) is 13.8. The SMILES string of the molecule is CCCNC(c1cccnc1)c1cccc2c1OCC2. The smallest absolute Gasteiger partial charge is 0.127 e. The summed E-state index contributed by atoms with van der Waals surface area (Å²) in [4.78, 5) is 4.25. The molecule has 20 heavy (non-hydrogen) atoms. The Hall–Kier alpha value is -1.87. The normalized spacial score (nSPS) is 14.7. The van der Waals surface area contributed by atoms with Gasteiger partial charge in [0.1, 0.15) is 5.75 Å². The van der Waals surface area contributed by atoms with Gasteiger partial charge in [0.25, 0.3) is 0 Å². The Morgan fingerprint density at radius 1 is 1.30 bits per heavy atom. The van der Waals surface area contributed by atoms with Crippen LogP contribution in [-0.4, -0.2) is 18.1 Å². The number of aromatic nitrogens is 1. The van der Waals surface area contributed by atoms with E-state index in [-0.39, 0.29) is 6.04 Å². The highest BCUT2D eigenvalue weighted by Gasteiger charge is 2.22. The van der Waals surface area contributed by atoms with Crippen molar-refractivity contribution in [2.24, 2.45) is 0 Å². The van der Waals surface area contributed by atoms with Crippen molar-refractivity contribution in [3.63, 3.8) is 0 Å². The maximum Gasteiger partial charge on any atom is 0.127 e. The second-order valence-corrected chi connectivity index (χ2v) is 5.11. The van der Waals surface area contributed by atoms with Gasteiger partial charge < -0.3 is 10.1 Å². The highest BCUT2D eigenvalue weighted by molar-refractivity contribution is 5.48. The molecule has 0 spiro atoms. The van der Waals surface area contributed by atoms with E-state index in [1.807, 2.05) is 18.5 Å². The van der Waals surface area contributed by atoms with Crippen LogP contribution in [0.1, 0.15) is 36.1 Å². The van der Waals surface area contributed by atoms with Crippen LogP contribution in [0.5, 0.6) is 5.75 Å². The van der Waals surface area contributed by atoms with Gasteiger partial charge in [-0.3, -0.25) is 4.98 Å². The number of hydrogen-bond acceptors (Lipinski definition) is 3. The Morgan fingerprint density at radius 3 is 3.05 bits per heavy atom. The molecular weight excluding hydrogens is 248 g/mol. The summed E-state index contributed by atoms with van der Waals surface area (Å²) in [5.74, 6) is 1.06. The molecule has 2 aromatic rings. The van der Waals surface area contributed by atoms with Gasteiger partial charge >= 0.3 is 0 Å². The number of hydrogen-bond donors (Lipinski definition) is 1. The number of rotatable bonds is 5. The molecule has 0 saturated carbocycles. The summed E-state index contributed by atoms with van der Waals surface area (Å²) in [6.07, 6.45) is 5.86. The standard InChI is InChI=1S/C17H20N2O/c1-2-9-19-16(14-6-4-10-18-12-14)15-7-3-5-13-8-11-20-17(13)15/h3-7,10,12,16,19H,2,8-9,11H2,1H3. The van der Waals surface area contributed by atoms with Gasteiger partial charge in [-0.25, -0.2) is 0 Å². The largest absolute Gasteiger partial charge is 0.493 e. The molecule has 1 aromatic heterocycles. The lowest BCUT2D eigenvalue weighted by atomic mass is 9.97. The van der Waals surface area contributed by atoms with E-state index in [0.717, 1.165) is 31.7 Å². The molecule has 0 bridgehead atoms. The average Bonchev–Trinajstić information content (AvgIpc) is 2.98. The van der Waals surface area contributed by atoms with Crippen molar-refractivity contribution in [1.29, 1.82) is 0 Å². The van der Waals surface area contributed by atoms with Crippen LogP contribution in [0.3, 0.4) is 0 Å². The van der Waals surface area contributed by atoms with Crippen molar-refractivity contribution in [3.05, 3.63) is 59.4 Å². The van der Waals surface area contributed by atoms with Gasteiger partial charge in [-0.15, -0.1) is 0 Å². The van der Waals surface area contributed by atoms with Gasteiger partial charge in [-0.1, -0.05) is 31.2 Å². The van der Waals surface area contributed by atoms with Crippen LogP contribution in [0.4, 0.5) is 0 Å². The summed E-state index contributed by atoms with van der Waals surface area (Å²) in [7, 11) is 0. The minimum atomic E-state index is 0.150. The molecule has 0 aliphatic carbocycles. The molecule has 1 aliphatic heterocycles. The van der Waals surface area contributed by atoms with Crippen molar-refractivity contribution in [1.82, 2.24) is 10.3 Å². The molecule has 3 heteroatoms. The minimum absolute atomic E-state index is 0.150. The van der Waals surface area contributed by atoms with Crippen molar-refractivity contribution in [2.75, 3.05) is 13.2 Å². The van der Waals surface area contributed by atoms with Crippen molar-refractivity contribution >= 4 is 0 Å². The molecule has 1 N–H and O–H groups in total. The minimum Gasteiger partial charge on any atom is -0.493 e. The first-order valence-electron chi connectivity index (χ1n) is 7.28. The first-order valence-corrected chi connectivity index (χ1v) is 7.28. The van der Waals surface area contributed by atoms with Gasteiger partial charge in [0, 0.05) is 24.4 Å². The lowest BCUT2D eigenvalue weighted by Gasteiger charge is -2.21. The monoisotopic (exact) mass is 268 g/mol. The van der Waals surface area contributed by atoms with Gasteiger partial charge in [0.15, 0.2) is 0 Å². The zero-order valence-corrected chi connectivity index (χ0v) is 11.8. The molecule has 0 radical (unpaired) electrons. The molecule has 104 valence electrons. The van der Waals surface area contributed by atoms with E-state index in [2.05, 4.69) is 41.5 Å². The number of ether oxygens (including phenoxy) is 1. The predicted octanol–water partition coefficient (Wildman–Crippen LogP) is 3.11. The van der Waals surface area contributed by atoms with Crippen LogP contribution >= 0.6 is 0 Å². The van der Waals surface area contributed by atoms with E-state index in [0.29, 0.717) is 0 Å². The van der Waals surface area contributed by atoms with E-state index < -0.39 is 0 Å². The van der Waals surface area contributed by atoms with Crippen molar-refractivity contribution in [3.8, 4) is 5.75 Å². The molecular formula is C17H20N2O. The van der Waals surface area contributed by atoms with Crippen LogP contribution in [0.25, 0.3) is 0 Å². The number of benzene rings is 1. The van der Waals surface area contributed by atoms with Crippen LogP contribution in [0.2, 0.25) is 0 Å². The van der Waals surface area contributed by atoms with Crippen LogP contribution in [0, 0.1) is 0 Å². The lowest BCUT2D eigenvalue weighted by Crippen LogP contribution is -2.23. The first-order chi connectivity index (χ1) is 9.90. The highest BCUT2D eigenvalue weighted by atomic mass is 16.5. The maximum absolute atomic E-state index is 5.85. The highest BCUT2D eigenvalue weighted by Crippen LogP contribution is 2.35. The summed E-state index contributed by atoms with van der Waals surface area (Å²) >= 11 is 0. The van der Waals surface area contributed by atoms with Crippen molar-refractivity contribution < 1.29 is 4.74 Å². The fourth-order valence-electron chi connectivity index (χ4n) is 2.71. The molecule has 1 atom stereocenters. The summed E-state index contributed by atoms with van der Waals surface area (Å²) < 4.78 is 5.85. The third-order valence-corrected chi connectivity index (χ3v) is 3.67. The number of para-hydroxylation sites is 1. The van der Waals surface area contributed by atoms with Gasteiger partial charge in [0.05, 0.1) is 12.6 Å². The molecule has 3 rings (SSSR count). The Kier molecular flexibility index (Phi) is 3.97. The van der Waals surface area contributed by atoms with Crippen LogP contribution < -0.4 is 10.1 Å². The molecule has 0 saturated heterocycles. The number of fused-ring (bicyclic) bond motifs is 1. The second-order valence-electron chi connectivity index (χ2n) is 5.11. The second kappa shape index (κ2) is 6.06. The fraction of sp³-hybridized carbons (Fsp3) is 0.353. The molecule has 0 amide bonds. The summed E-state index contributed by atoms with van der Waals surface area (Å²) in [5.41, 5.74) is 3.72. The third kappa shape index (κ3) is 2.54. The molecule has 1 aromatic carbocycles. The first kappa shape index (κ1) is 13.1. The molecule has 1 unspecified atom stereocenters. The average molecular weight is 268 g/mol. The molecule has 3 nitrogen and oxygen atoms in total. The fourth-order valence-corrected chi connectivity index (χ4v) is 2.71. The summed E-state index contributed by atoms with van der Waals surface area (Å²) in [6.45, 7) is 3.95. The van der Waals surface area contributed by atoms with E-state index in [1.165, 1.54) is 16.7 Å². The molecule has 2 heterocycles. The maximum atomic E-state index is 5.85. The van der Waals surface area contributed by atoms with Crippen LogP contribution in [-0.2, 0) is 6.42 Å². The number of pyridine rings is 1. The lowest BCUT2D eigenvalue weighted by molar-refractivity contribution is 0.350. The number of nitrogens with zero attached hydrogens (tertiary/aromatic N) is 1. The van der Waals surface area contributed by atoms with Gasteiger partial charge in [-0.05, 0) is 30.2 Å². The molecule has 1 aliphatic rings. The van der Waals surface area contributed by atoms with E-state index in [9.17, 15) is 0 Å². The predicted molar refractivity (Wildman–Crippen MR) is 80.0 cm³/mol. The quantitative estimate of drug-likeness (QED) is 0.904. The van der Waals surface area contributed by atoms with Gasteiger partial charge in [-0.2, -0.15) is 0 Å². The Balaban J connectivity index is 2.00. The van der Waals surface area contributed by atoms with E-state index in [4.69, 9.17) is 4.74 Å². The van der Waals surface area contributed by atoms with E-state index in [1.54, 1.807) is 0 Å². The topological polar surface area (TPSA) is 34.2 Å². The van der Waals surface area contributed by atoms with Gasteiger partial charge in [0.2, 0.25) is 0 Å². The Labute approximate surface area is 120 Å². The number of nitrogens with one attached hydrogen (secondary N) is 1. The summed E-state index contributed by atoms with van der Waals surface area (Å²) in [5, 5.41) is 3.61. The third-order valence-electron chi connectivity index (χ3n) is 3.67.